The molecule has 2 N–H and O–H groups in total. The second kappa shape index (κ2) is 6.16. The summed E-state index contributed by atoms with van der Waals surface area (Å²) < 4.78 is 5.48. The van der Waals surface area contributed by atoms with Crippen molar-refractivity contribution in [2.24, 2.45) is 0 Å². The minimum Gasteiger partial charge on any atom is -0.489 e. The van der Waals surface area contributed by atoms with E-state index in [2.05, 4.69) is 0 Å². The van der Waals surface area contributed by atoms with Crippen LogP contribution in [0.15, 0.2) is 48.5 Å². The Morgan fingerprint density at radius 1 is 1.24 bits per heavy atom. The SMILES string of the molecule is CC(O)(COc1ccc(Cl)cc1C(=O)O)c1ccccc1. The van der Waals surface area contributed by atoms with Gasteiger partial charge in [0.2, 0.25) is 0 Å². The standard InChI is InChI=1S/C16H15ClO4/c1-16(20,11-5-3-2-4-6-11)10-21-14-8-7-12(17)9-13(14)15(18)19/h2-9,20H,10H2,1H3,(H,18,19). The first-order valence-electron chi connectivity index (χ1n) is 6.34. The van der Waals surface area contributed by atoms with Gasteiger partial charge in [-0.05, 0) is 30.7 Å². The van der Waals surface area contributed by atoms with Gasteiger partial charge in [-0.2, -0.15) is 0 Å². The number of rotatable bonds is 5. The summed E-state index contributed by atoms with van der Waals surface area (Å²) in [4.78, 5) is 11.2. The molecule has 0 amide bonds. The molecule has 0 radical (unpaired) electrons. The van der Waals surface area contributed by atoms with Crippen LogP contribution in [0.4, 0.5) is 0 Å². The summed E-state index contributed by atoms with van der Waals surface area (Å²) in [5.74, 6) is -0.963. The number of ether oxygens (including phenoxy) is 1. The lowest BCUT2D eigenvalue weighted by Crippen LogP contribution is -2.29. The summed E-state index contributed by atoms with van der Waals surface area (Å²) in [6.45, 7) is 1.54. The Hall–Kier alpha value is -2.04. The zero-order valence-corrected chi connectivity index (χ0v) is 12.2. The van der Waals surface area contributed by atoms with Gasteiger partial charge in [-0.1, -0.05) is 41.9 Å². The van der Waals surface area contributed by atoms with Gasteiger partial charge in [-0.15, -0.1) is 0 Å². The van der Waals surface area contributed by atoms with Gasteiger partial charge in [0.25, 0.3) is 0 Å². The third-order valence-electron chi connectivity index (χ3n) is 3.08. The van der Waals surface area contributed by atoms with Crippen LogP contribution in [0.1, 0.15) is 22.8 Å². The molecule has 0 aromatic heterocycles. The topological polar surface area (TPSA) is 66.8 Å². The quantitative estimate of drug-likeness (QED) is 0.889. The Morgan fingerprint density at radius 3 is 2.52 bits per heavy atom. The van der Waals surface area contributed by atoms with E-state index in [0.29, 0.717) is 10.6 Å². The van der Waals surface area contributed by atoms with E-state index < -0.39 is 11.6 Å². The molecule has 21 heavy (non-hydrogen) atoms. The molecule has 110 valence electrons. The van der Waals surface area contributed by atoms with E-state index in [1.54, 1.807) is 25.1 Å². The summed E-state index contributed by atoms with van der Waals surface area (Å²) in [5.41, 5.74) is -0.571. The largest absolute Gasteiger partial charge is 0.489 e. The maximum absolute atomic E-state index is 11.2. The summed E-state index contributed by atoms with van der Waals surface area (Å²) in [6.07, 6.45) is 0. The molecular weight excluding hydrogens is 292 g/mol. The van der Waals surface area contributed by atoms with Crippen LogP contribution >= 0.6 is 11.6 Å². The lowest BCUT2D eigenvalue weighted by molar-refractivity contribution is 0.00702. The first kappa shape index (κ1) is 15.4. The Balaban J connectivity index is 2.18. The van der Waals surface area contributed by atoms with E-state index in [-0.39, 0.29) is 17.9 Å². The second-order valence-electron chi connectivity index (χ2n) is 4.87. The maximum atomic E-state index is 11.2. The number of hydrogen-bond donors (Lipinski definition) is 2. The van der Waals surface area contributed by atoms with Crippen LogP contribution in [0.2, 0.25) is 5.02 Å². The number of carboxylic acid groups (broad SMARTS) is 1. The number of aromatic carboxylic acids is 1. The zero-order chi connectivity index (χ0) is 15.5. The van der Waals surface area contributed by atoms with E-state index in [0.717, 1.165) is 0 Å². The van der Waals surface area contributed by atoms with Gasteiger partial charge in [0.15, 0.2) is 0 Å². The highest BCUT2D eigenvalue weighted by Gasteiger charge is 2.25. The first-order chi connectivity index (χ1) is 9.90. The molecule has 0 bridgehead atoms. The fraction of sp³-hybridized carbons (Fsp3) is 0.188. The van der Waals surface area contributed by atoms with E-state index in [9.17, 15) is 9.90 Å². The molecule has 2 aromatic rings. The number of benzene rings is 2. The smallest absolute Gasteiger partial charge is 0.339 e. The molecule has 0 fully saturated rings. The Morgan fingerprint density at radius 2 is 1.90 bits per heavy atom. The number of halogens is 1. The summed E-state index contributed by atoms with van der Waals surface area (Å²) in [5, 5.41) is 19.9. The minimum atomic E-state index is -1.23. The lowest BCUT2D eigenvalue weighted by Gasteiger charge is -2.24. The van der Waals surface area contributed by atoms with E-state index >= 15 is 0 Å². The Kier molecular flexibility index (Phi) is 4.50. The van der Waals surface area contributed by atoms with E-state index in [4.69, 9.17) is 21.4 Å². The first-order valence-corrected chi connectivity index (χ1v) is 6.71. The molecule has 5 heteroatoms. The number of carbonyl (C=O) groups is 1. The molecule has 2 aromatic carbocycles. The van der Waals surface area contributed by atoms with Crippen LogP contribution in [0, 0.1) is 0 Å². The molecular formula is C16H15ClO4. The van der Waals surface area contributed by atoms with Crippen molar-refractivity contribution < 1.29 is 19.7 Å². The predicted molar refractivity (Wildman–Crippen MR) is 79.9 cm³/mol. The van der Waals surface area contributed by atoms with E-state index in [1.165, 1.54) is 12.1 Å². The molecule has 0 aliphatic rings. The summed E-state index contributed by atoms with van der Waals surface area (Å²) in [6, 6.07) is 13.4. The highest BCUT2D eigenvalue weighted by atomic mass is 35.5. The summed E-state index contributed by atoms with van der Waals surface area (Å²) in [7, 11) is 0. The average molecular weight is 307 g/mol. The van der Waals surface area contributed by atoms with Crippen molar-refractivity contribution in [3.63, 3.8) is 0 Å². The predicted octanol–water partition coefficient (Wildman–Crippen LogP) is 3.32. The molecule has 1 atom stereocenters. The third kappa shape index (κ3) is 3.74. The fourth-order valence-electron chi connectivity index (χ4n) is 1.89. The highest BCUT2D eigenvalue weighted by molar-refractivity contribution is 6.31. The zero-order valence-electron chi connectivity index (χ0n) is 11.4. The van der Waals surface area contributed by atoms with Crippen molar-refractivity contribution in [1.82, 2.24) is 0 Å². The molecule has 0 spiro atoms. The molecule has 0 saturated carbocycles. The number of hydrogen-bond acceptors (Lipinski definition) is 3. The van der Waals surface area contributed by atoms with Crippen LogP contribution in [0.25, 0.3) is 0 Å². The van der Waals surface area contributed by atoms with Crippen LogP contribution in [0.3, 0.4) is 0 Å². The lowest BCUT2D eigenvalue weighted by atomic mass is 9.97. The molecule has 4 nitrogen and oxygen atoms in total. The molecule has 0 aliphatic carbocycles. The van der Waals surface area contributed by atoms with Crippen molar-refractivity contribution in [2.75, 3.05) is 6.61 Å². The van der Waals surface area contributed by atoms with Crippen LogP contribution < -0.4 is 4.74 Å². The molecule has 2 rings (SSSR count). The van der Waals surface area contributed by atoms with Gasteiger partial charge in [0.05, 0.1) is 0 Å². The van der Waals surface area contributed by atoms with Gasteiger partial charge in [0, 0.05) is 5.02 Å². The van der Waals surface area contributed by atoms with Crippen molar-refractivity contribution in [2.45, 2.75) is 12.5 Å². The van der Waals surface area contributed by atoms with Crippen LogP contribution in [0.5, 0.6) is 5.75 Å². The molecule has 0 heterocycles. The molecule has 0 saturated heterocycles. The van der Waals surface area contributed by atoms with Crippen molar-refractivity contribution in [3.05, 3.63) is 64.7 Å². The number of aliphatic hydroxyl groups is 1. The van der Waals surface area contributed by atoms with Crippen molar-refractivity contribution in [3.8, 4) is 5.75 Å². The van der Waals surface area contributed by atoms with Gasteiger partial charge in [-0.25, -0.2) is 4.79 Å². The third-order valence-corrected chi connectivity index (χ3v) is 3.31. The monoisotopic (exact) mass is 306 g/mol. The second-order valence-corrected chi connectivity index (χ2v) is 5.31. The highest BCUT2D eigenvalue weighted by Crippen LogP contribution is 2.26. The van der Waals surface area contributed by atoms with E-state index in [1.807, 2.05) is 18.2 Å². The van der Waals surface area contributed by atoms with Crippen molar-refractivity contribution in [1.29, 1.82) is 0 Å². The summed E-state index contributed by atoms with van der Waals surface area (Å²) >= 11 is 5.78. The van der Waals surface area contributed by atoms with Gasteiger partial charge < -0.3 is 14.9 Å². The molecule has 1 unspecified atom stereocenters. The maximum Gasteiger partial charge on any atom is 0.339 e. The van der Waals surface area contributed by atoms with Gasteiger partial charge >= 0.3 is 5.97 Å². The Labute approximate surface area is 127 Å². The average Bonchev–Trinajstić information content (AvgIpc) is 2.47. The fourth-order valence-corrected chi connectivity index (χ4v) is 2.07. The van der Waals surface area contributed by atoms with Gasteiger partial charge in [-0.3, -0.25) is 0 Å². The number of carboxylic acids is 1. The van der Waals surface area contributed by atoms with Crippen LogP contribution in [-0.2, 0) is 5.60 Å². The normalized spacial score (nSPS) is 13.5. The van der Waals surface area contributed by atoms with Crippen LogP contribution in [-0.4, -0.2) is 22.8 Å². The Bertz CT molecular complexity index is 638. The van der Waals surface area contributed by atoms with Gasteiger partial charge in [0.1, 0.15) is 23.5 Å². The molecule has 0 aliphatic heterocycles. The minimum absolute atomic E-state index is 0.0358. The van der Waals surface area contributed by atoms with Crippen molar-refractivity contribution >= 4 is 17.6 Å².